The zero-order chi connectivity index (χ0) is 11.4. The molecule has 0 radical (unpaired) electrons. The monoisotopic (exact) mass is 219 g/mol. The molecule has 16 heavy (non-hydrogen) atoms. The molecule has 0 bridgehead atoms. The van der Waals surface area contributed by atoms with Gasteiger partial charge in [0.15, 0.2) is 0 Å². The van der Waals surface area contributed by atoms with Gasteiger partial charge in [-0.2, -0.15) is 0 Å². The van der Waals surface area contributed by atoms with E-state index in [4.69, 9.17) is 4.74 Å². The number of rotatable bonds is 3. The number of para-hydroxylation sites is 1. The molecular formula is C14H21NO. The standard InChI is InChI=1S/C14H21NO/c1-11(2)13-7-3-4-8-14(13)16-12-6-5-9-15-10-12/h3-4,7-8,11-12,15H,5-6,9-10H2,1-2H3/t12-/m0/s1. The van der Waals surface area contributed by atoms with E-state index in [0.29, 0.717) is 12.0 Å². The highest BCUT2D eigenvalue weighted by atomic mass is 16.5. The summed E-state index contributed by atoms with van der Waals surface area (Å²) >= 11 is 0. The van der Waals surface area contributed by atoms with Gasteiger partial charge in [0.1, 0.15) is 11.9 Å². The third kappa shape index (κ3) is 2.76. The van der Waals surface area contributed by atoms with Crippen molar-refractivity contribution in [3.8, 4) is 5.75 Å². The second kappa shape index (κ2) is 5.35. The first kappa shape index (κ1) is 11.5. The zero-order valence-electron chi connectivity index (χ0n) is 10.2. The minimum atomic E-state index is 0.341. The van der Waals surface area contributed by atoms with E-state index in [-0.39, 0.29) is 0 Å². The maximum absolute atomic E-state index is 6.09. The van der Waals surface area contributed by atoms with Gasteiger partial charge in [-0.15, -0.1) is 0 Å². The van der Waals surface area contributed by atoms with E-state index in [9.17, 15) is 0 Å². The fraction of sp³-hybridized carbons (Fsp3) is 0.571. The number of hydrogen-bond donors (Lipinski definition) is 1. The van der Waals surface area contributed by atoms with Gasteiger partial charge in [0, 0.05) is 6.54 Å². The zero-order valence-corrected chi connectivity index (χ0v) is 10.2. The van der Waals surface area contributed by atoms with Crippen molar-refractivity contribution >= 4 is 0 Å². The molecule has 88 valence electrons. The molecule has 0 spiro atoms. The average molecular weight is 219 g/mol. The first-order valence-electron chi connectivity index (χ1n) is 6.23. The molecule has 0 aromatic heterocycles. The van der Waals surface area contributed by atoms with Gasteiger partial charge in [-0.1, -0.05) is 32.0 Å². The SMILES string of the molecule is CC(C)c1ccccc1O[C@H]1CCCNC1. The normalized spacial score (nSPS) is 21.1. The van der Waals surface area contributed by atoms with E-state index >= 15 is 0 Å². The quantitative estimate of drug-likeness (QED) is 0.844. The highest BCUT2D eigenvalue weighted by Crippen LogP contribution is 2.27. The average Bonchev–Trinajstić information content (AvgIpc) is 2.31. The number of hydrogen-bond acceptors (Lipinski definition) is 2. The van der Waals surface area contributed by atoms with E-state index < -0.39 is 0 Å². The van der Waals surface area contributed by atoms with Crippen LogP contribution in [0.1, 0.15) is 38.2 Å². The molecular weight excluding hydrogens is 198 g/mol. The van der Waals surface area contributed by atoms with Gasteiger partial charge in [-0.25, -0.2) is 0 Å². The van der Waals surface area contributed by atoms with Crippen molar-refractivity contribution < 1.29 is 4.74 Å². The van der Waals surface area contributed by atoms with Crippen LogP contribution in [0.2, 0.25) is 0 Å². The molecule has 1 aromatic rings. The van der Waals surface area contributed by atoms with Crippen LogP contribution in [0.4, 0.5) is 0 Å². The van der Waals surface area contributed by atoms with E-state index in [2.05, 4.69) is 43.4 Å². The van der Waals surface area contributed by atoms with Crippen LogP contribution < -0.4 is 10.1 Å². The van der Waals surface area contributed by atoms with Gasteiger partial charge in [-0.05, 0) is 36.9 Å². The maximum Gasteiger partial charge on any atom is 0.123 e. The Morgan fingerprint density at radius 1 is 1.31 bits per heavy atom. The van der Waals surface area contributed by atoms with Crippen LogP contribution in [-0.2, 0) is 0 Å². The Bertz CT molecular complexity index is 329. The Hall–Kier alpha value is -1.02. The second-order valence-electron chi connectivity index (χ2n) is 4.78. The summed E-state index contributed by atoms with van der Waals surface area (Å²) in [7, 11) is 0. The van der Waals surface area contributed by atoms with Crippen LogP contribution in [0.5, 0.6) is 5.75 Å². The molecule has 1 fully saturated rings. The van der Waals surface area contributed by atoms with Gasteiger partial charge < -0.3 is 10.1 Å². The highest BCUT2D eigenvalue weighted by Gasteiger charge is 2.16. The smallest absolute Gasteiger partial charge is 0.123 e. The number of benzene rings is 1. The highest BCUT2D eigenvalue weighted by molar-refractivity contribution is 5.35. The van der Waals surface area contributed by atoms with Crippen molar-refractivity contribution in [1.29, 1.82) is 0 Å². The molecule has 0 unspecified atom stereocenters. The number of ether oxygens (including phenoxy) is 1. The molecule has 0 amide bonds. The molecule has 0 saturated carbocycles. The molecule has 1 aliphatic heterocycles. The van der Waals surface area contributed by atoms with Crippen molar-refractivity contribution in [3.05, 3.63) is 29.8 Å². The minimum absolute atomic E-state index is 0.341. The fourth-order valence-corrected chi connectivity index (χ4v) is 2.16. The van der Waals surface area contributed by atoms with Crippen LogP contribution in [0, 0.1) is 0 Å². The summed E-state index contributed by atoms with van der Waals surface area (Å²) in [6.07, 6.45) is 2.72. The lowest BCUT2D eigenvalue weighted by molar-refractivity contribution is 0.165. The second-order valence-corrected chi connectivity index (χ2v) is 4.78. The Morgan fingerprint density at radius 3 is 2.81 bits per heavy atom. The topological polar surface area (TPSA) is 21.3 Å². The Labute approximate surface area is 98.0 Å². The lowest BCUT2D eigenvalue weighted by atomic mass is 10.0. The fourth-order valence-electron chi connectivity index (χ4n) is 2.16. The first-order chi connectivity index (χ1) is 7.77. The maximum atomic E-state index is 6.09. The molecule has 1 heterocycles. The Kier molecular flexibility index (Phi) is 3.83. The van der Waals surface area contributed by atoms with Crippen LogP contribution in [0.3, 0.4) is 0 Å². The largest absolute Gasteiger partial charge is 0.489 e. The van der Waals surface area contributed by atoms with Crippen LogP contribution in [0.15, 0.2) is 24.3 Å². The molecule has 2 rings (SSSR count). The van der Waals surface area contributed by atoms with E-state index in [1.54, 1.807) is 0 Å². The molecule has 0 aliphatic carbocycles. The summed E-state index contributed by atoms with van der Waals surface area (Å²) < 4.78 is 6.09. The summed E-state index contributed by atoms with van der Waals surface area (Å²) in [5, 5.41) is 3.38. The third-order valence-electron chi connectivity index (χ3n) is 3.09. The van der Waals surface area contributed by atoms with E-state index in [1.807, 2.05) is 0 Å². The van der Waals surface area contributed by atoms with E-state index in [1.165, 1.54) is 18.4 Å². The predicted octanol–water partition coefficient (Wildman–Crippen LogP) is 2.94. The Morgan fingerprint density at radius 2 is 2.12 bits per heavy atom. The summed E-state index contributed by atoms with van der Waals surface area (Å²) in [6, 6.07) is 8.39. The summed E-state index contributed by atoms with van der Waals surface area (Å²) in [4.78, 5) is 0. The van der Waals surface area contributed by atoms with Crippen molar-refractivity contribution in [2.75, 3.05) is 13.1 Å². The Balaban J connectivity index is 2.07. The lowest BCUT2D eigenvalue weighted by Crippen LogP contribution is -2.37. The van der Waals surface area contributed by atoms with Crippen LogP contribution in [-0.4, -0.2) is 19.2 Å². The molecule has 1 aliphatic rings. The van der Waals surface area contributed by atoms with Gasteiger partial charge in [0.25, 0.3) is 0 Å². The molecule has 1 aromatic carbocycles. The lowest BCUT2D eigenvalue weighted by Gasteiger charge is -2.25. The van der Waals surface area contributed by atoms with Gasteiger partial charge in [-0.3, -0.25) is 0 Å². The summed E-state index contributed by atoms with van der Waals surface area (Å²) in [6.45, 7) is 6.53. The first-order valence-corrected chi connectivity index (χ1v) is 6.23. The predicted molar refractivity (Wildman–Crippen MR) is 67.1 cm³/mol. The molecule has 2 heteroatoms. The van der Waals surface area contributed by atoms with Gasteiger partial charge >= 0.3 is 0 Å². The minimum Gasteiger partial charge on any atom is -0.489 e. The summed E-state index contributed by atoms with van der Waals surface area (Å²) in [5.41, 5.74) is 1.31. The number of piperidine rings is 1. The van der Waals surface area contributed by atoms with E-state index in [0.717, 1.165) is 18.8 Å². The van der Waals surface area contributed by atoms with Gasteiger partial charge in [0.05, 0.1) is 0 Å². The van der Waals surface area contributed by atoms with Crippen molar-refractivity contribution in [1.82, 2.24) is 5.32 Å². The third-order valence-corrected chi connectivity index (χ3v) is 3.09. The molecule has 1 saturated heterocycles. The van der Waals surface area contributed by atoms with Crippen molar-refractivity contribution in [2.45, 2.75) is 38.7 Å². The van der Waals surface area contributed by atoms with Crippen LogP contribution >= 0.6 is 0 Å². The molecule has 1 atom stereocenters. The number of nitrogens with one attached hydrogen (secondary N) is 1. The summed E-state index contributed by atoms with van der Waals surface area (Å²) in [5.74, 6) is 1.58. The molecule has 1 N–H and O–H groups in total. The van der Waals surface area contributed by atoms with Crippen molar-refractivity contribution in [3.63, 3.8) is 0 Å². The van der Waals surface area contributed by atoms with Gasteiger partial charge in [0.2, 0.25) is 0 Å². The van der Waals surface area contributed by atoms with Crippen molar-refractivity contribution in [2.24, 2.45) is 0 Å². The van der Waals surface area contributed by atoms with Crippen LogP contribution in [0.25, 0.3) is 0 Å². The molecule has 2 nitrogen and oxygen atoms in total.